The highest BCUT2D eigenvalue weighted by Gasteiger charge is 2.39. The third-order valence-corrected chi connectivity index (χ3v) is 10.3. The molecule has 17 nitrogen and oxygen atoms in total. The monoisotopic (exact) mass is 787 g/mol. The van der Waals surface area contributed by atoms with Crippen LogP contribution in [0, 0.1) is 11.8 Å². The molecule has 1 fully saturated rings. The molecule has 314 valence electrons. The van der Waals surface area contributed by atoms with Gasteiger partial charge in [-0.3, -0.25) is 33.8 Å². The highest BCUT2D eigenvalue weighted by molar-refractivity contribution is 5.97. The van der Waals surface area contributed by atoms with Crippen LogP contribution in [0.15, 0.2) is 29.3 Å². The van der Waals surface area contributed by atoms with Crippen LogP contribution in [0.2, 0.25) is 0 Å². The number of nitrogens with two attached hydrogens (primary N) is 3. The average molecular weight is 787 g/mol. The van der Waals surface area contributed by atoms with E-state index in [4.69, 9.17) is 17.2 Å². The first-order chi connectivity index (χ1) is 26.6. The van der Waals surface area contributed by atoms with Crippen LogP contribution in [0.5, 0.6) is 5.75 Å². The van der Waals surface area contributed by atoms with E-state index in [2.05, 4.69) is 31.6 Å². The predicted octanol–water partition coefficient (Wildman–Crippen LogP) is 0.274. The zero-order chi connectivity index (χ0) is 41.9. The van der Waals surface area contributed by atoms with Gasteiger partial charge in [-0.15, -0.1) is 0 Å². The molecule has 1 aromatic rings. The minimum atomic E-state index is -1.11. The van der Waals surface area contributed by atoms with Crippen molar-refractivity contribution in [2.45, 2.75) is 136 Å². The minimum absolute atomic E-state index is 0.0402. The lowest BCUT2D eigenvalue weighted by molar-refractivity contribution is -0.142. The maximum Gasteiger partial charge on any atom is 0.245 e. The van der Waals surface area contributed by atoms with Gasteiger partial charge < -0.3 is 53.8 Å². The Morgan fingerprint density at radius 2 is 1.43 bits per heavy atom. The van der Waals surface area contributed by atoms with Gasteiger partial charge in [0.2, 0.25) is 35.4 Å². The summed E-state index contributed by atoms with van der Waals surface area (Å²) in [7, 11) is 0. The topological polar surface area (TPSA) is 276 Å². The molecule has 0 radical (unpaired) electrons. The summed E-state index contributed by atoms with van der Waals surface area (Å²) >= 11 is 0. The zero-order valence-corrected chi connectivity index (χ0v) is 33.9. The van der Waals surface area contributed by atoms with E-state index < -0.39 is 65.8 Å². The van der Waals surface area contributed by atoms with Crippen LogP contribution in [0.1, 0.15) is 98.5 Å². The van der Waals surface area contributed by atoms with E-state index in [1.165, 1.54) is 17.0 Å². The number of hydrogen-bond acceptors (Lipinski definition) is 9. The van der Waals surface area contributed by atoms with Crippen LogP contribution in [-0.2, 0) is 35.2 Å². The number of likely N-dealkylation sites (tertiary alicyclic amines) is 1. The van der Waals surface area contributed by atoms with Crippen molar-refractivity contribution in [2.75, 3.05) is 19.6 Å². The number of hydrogen-bond donors (Lipinski definition) is 9. The molecule has 0 aromatic heterocycles. The van der Waals surface area contributed by atoms with E-state index in [0.29, 0.717) is 57.2 Å². The van der Waals surface area contributed by atoms with E-state index in [-0.39, 0.29) is 55.3 Å². The van der Waals surface area contributed by atoms with Crippen molar-refractivity contribution in [1.82, 2.24) is 31.5 Å². The summed E-state index contributed by atoms with van der Waals surface area (Å²) in [5.74, 6) is -3.64. The van der Waals surface area contributed by atoms with Gasteiger partial charge in [0.25, 0.3) is 0 Å². The molecule has 2 rings (SSSR count). The van der Waals surface area contributed by atoms with Crippen molar-refractivity contribution in [2.24, 2.45) is 34.0 Å². The summed E-state index contributed by atoms with van der Waals surface area (Å²) in [4.78, 5) is 87.3. The molecule has 0 spiro atoms. The Morgan fingerprint density at radius 1 is 0.821 bits per heavy atom. The second-order valence-corrected chi connectivity index (χ2v) is 14.7. The van der Waals surface area contributed by atoms with Gasteiger partial charge in [-0.25, -0.2) is 0 Å². The van der Waals surface area contributed by atoms with E-state index in [0.717, 1.165) is 0 Å². The molecule has 12 N–H and O–H groups in total. The standard InChI is InChI=1S/C39H66N10O7/c1-7-13-27(45-34(52)29(22-25-16-18-26(50)19-17-25)47-36(54)31(40)23(5)8-2)33(51)48-32(24(6)9-3)37(55)46-28(14-11-20-44-39(41)42)38(56)49-21-12-15-30(49)35(53)43-10-4/h16-19,23-24,27-32,50H,7-15,20-22,40H2,1-6H3,(H,43,53)(H,45,52)(H,46,55)(H,47,54)(H,48,51)(H4,41,42,44)/t23-,24-,27-,28-,29-,30-,31+,32-/m0/s1. The largest absolute Gasteiger partial charge is 0.508 e. The first-order valence-electron chi connectivity index (χ1n) is 20.0. The van der Waals surface area contributed by atoms with Crippen molar-refractivity contribution < 1.29 is 33.9 Å². The number of guanidine groups is 1. The van der Waals surface area contributed by atoms with Gasteiger partial charge in [0, 0.05) is 26.1 Å². The van der Waals surface area contributed by atoms with Crippen molar-refractivity contribution in [3.63, 3.8) is 0 Å². The number of nitrogens with one attached hydrogen (secondary N) is 5. The van der Waals surface area contributed by atoms with Crippen LogP contribution >= 0.6 is 0 Å². The number of amides is 6. The summed E-state index contributed by atoms with van der Waals surface area (Å²) in [6.07, 6.45) is 3.56. The van der Waals surface area contributed by atoms with Crippen molar-refractivity contribution in [3.8, 4) is 5.75 Å². The number of phenolic OH excluding ortho intramolecular Hbond substituents is 1. The van der Waals surface area contributed by atoms with Gasteiger partial charge in [-0.05, 0) is 68.6 Å². The van der Waals surface area contributed by atoms with Crippen LogP contribution in [0.25, 0.3) is 0 Å². The number of benzene rings is 1. The Hall–Kier alpha value is -4.93. The summed E-state index contributed by atoms with van der Waals surface area (Å²) in [5, 5.41) is 23.8. The molecule has 17 heteroatoms. The molecule has 1 saturated heterocycles. The lowest BCUT2D eigenvalue weighted by Gasteiger charge is -2.31. The fraction of sp³-hybridized carbons (Fsp3) is 0.667. The van der Waals surface area contributed by atoms with E-state index >= 15 is 0 Å². The minimum Gasteiger partial charge on any atom is -0.508 e. The SMILES string of the molecule is CCC[C@H](NC(=O)[C@H](Cc1ccc(O)cc1)NC(=O)[C@H](N)[C@@H](C)CC)C(=O)N[C@H](C(=O)N[C@@H](CCCN=C(N)N)C(=O)N1CCC[C@H]1C(=O)NCC)[C@@H](C)CC. The van der Waals surface area contributed by atoms with Gasteiger partial charge in [0.05, 0.1) is 6.04 Å². The highest BCUT2D eigenvalue weighted by atomic mass is 16.3. The van der Waals surface area contributed by atoms with Crippen molar-refractivity contribution in [1.29, 1.82) is 0 Å². The molecule has 1 heterocycles. The number of rotatable bonds is 23. The number of carbonyl (C=O) groups is 6. The summed E-state index contributed by atoms with van der Waals surface area (Å²) in [6, 6.07) is 0.357. The van der Waals surface area contributed by atoms with Crippen molar-refractivity contribution >= 4 is 41.4 Å². The molecule has 0 unspecified atom stereocenters. The molecule has 0 saturated carbocycles. The number of aliphatic imine (C=N–C) groups is 1. The summed E-state index contributed by atoms with van der Waals surface area (Å²) < 4.78 is 0. The highest BCUT2D eigenvalue weighted by Crippen LogP contribution is 2.21. The number of phenols is 1. The lowest BCUT2D eigenvalue weighted by Crippen LogP contribution is -2.61. The van der Waals surface area contributed by atoms with Gasteiger partial charge in [-0.2, -0.15) is 0 Å². The molecular weight excluding hydrogens is 720 g/mol. The summed E-state index contributed by atoms with van der Waals surface area (Å²) in [5.41, 5.74) is 17.8. The number of likely N-dealkylation sites (N-methyl/N-ethyl adjacent to an activating group) is 1. The average Bonchev–Trinajstić information content (AvgIpc) is 3.67. The maximum atomic E-state index is 14.1. The lowest BCUT2D eigenvalue weighted by atomic mass is 9.96. The Labute approximate surface area is 331 Å². The molecule has 6 amide bonds. The predicted molar refractivity (Wildman–Crippen MR) is 215 cm³/mol. The first-order valence-corrected chi connectivity index (χ1v) is 20.0. The Bertz CT molecular complexity index is 1490. The molecular formula is C39H66N10O7. The van der Waals surface area contributed by atoms with Gasteiger partial charge in [0.15, 0.2) is 5.96 Å². The zero-order valence-electron chi connectivity index (χ0n) is 33.9. The molecule has 56 heavy (non-hydrogen) atoms. The second-order valence-electron chi connectivity index (χ2n) is 14.7. The Kier molecular flexibility index (Phi) is 20.1. The third-order valence-electron chi connectivity index (χ3n) is 10.3. The molecule has 1 aliphatic rings. The fourth-order valence-corrected chi connectivity index (χ4v) is 6.46. The van der Waals surface area contributed by atoms with Crippen LogP contribution in [-0.4, -0.2) is 107 Å². The van der Waals surface area contributed by atoms with Crippen LogP contribution in [0.3, 0.4) is 0 Å². The van der Waals surface area contributed by atoms with Crippen LogP contribution < -0.4 is 43.8 Å². The van der Waals surface area contributed by atoms with Gasteiger partial charge in [-0.1, -0.05) is 66.0 Å². The summed E-state index contributed by atoms with van der Waals surface area (Å²) in [6.45, 7) is 12.0. The van der Waals surface area contributed by atoms with E-state index in [1.54, 1.807) is 26.0 Å². The van der Waals surface area contributed by atoms with Gasteiger partial charge in [0.1, 0.15) is 36.0 Å². The number of aromatic hydroxyl groups is 1. The number of carbonyl (C=O) groups excluding carboxylic acids is 6. The molecule has 1 aromatic carbocycles. The maximum absolute atomic E-state index is 14.1. The molecule has 0 bridgehead atoms. The van der Waals surface area contributed by atoms with E-state index in [9.17, 15) is 33.9 Å². The van der Waals surface area contributed by atoms with E-state index in [1.807, 2.05) is 27.7 Å². The first kappa shape index (κ1) is 47.2. The third kappa shape index (κ3) is 14.6. The normalized spacial score (nSPS) is 17.6. The molecule has 1 aliphatic heterocycles. The number of nitrogens with zero attached hydrogens (tertiary/aromatic N) is 2. The quantitative estimate of drug-likeness (QED) is 0.0415. The molecule has 0 aliphatic carbocycles. The molecule has 8 atom stereocenters. The Morgan fingerprint density at radius 3 is 2.02 bits per heavy atom. The fourth-order valence-electron chi connectivity index (χ4n) is 6.46. The van der Waals surface area contributed by atoms with Crippen LogP contribution in [0.4, 0.5) is 0 Å². The van der Waals surface area contributed by atoms with Crippen molar-refractivity contribution in [3.05, 3.63) is 29.8 Å². The van der Waals surface area contributed by atoms with Gasteiger partial charge >= 0.3 is 0 Å². The second kappa shape index (κ2) is 23.9. The smallest absolute Gasteiger partial charge is 0.245 e. The Balaban J connectivity index is 2.34.